The lowest BCUT2D eigenvalue weighted by atomic mass is 9.95. The summed E-state index contributed by atoms with van der Waals surface area (Å²) < 4.78 is 21.4. The highest BCUT2D eigenvalue weighted by Gasteiger charge is 2.22. The van der Waals surface area contributed by atoms with Gasteiger partial charge in [0.25, 0.3) is 0 Å². The van der Waals surface area contributed by atoms with Gasteiger partial charge in [0, 0.05) is 57.7 Å². The SMILES string of the molecule is CC[C@@H](CCCCNC(=O)CC[C@H](NC(=O)COCCOCCCC(=O)COCCOCCNC(=O)CC[C@H](NC(=O)CCCCCCCCCCCCCCCCC(=O)O)C(=O)O)C(=O)O)C(C)=O. The third-order valence-electron chi connectivity index (χ3n) is 11.6. The van der Waals surface area contributed by atoms with Crippen molar-refractivity contribution < 1.29 is 77.4 Å². The van der Waals surface area contributed by atoms with Crippen molar-refractivity contribution in [1.82, 2.24) is 21.3 Å². The third kappa shape index (κ3) is 42.4. The molecule has 0 aliphatic carbocycles. The van der Waals surface area contributed by atoms with Gasteiger partial charge in [-0.3, -0.25) is 33.6 Å². The molecular weight excluding hydrogens is 913 g/mol. The van der Waals surface area contributed by atoms with Gasteiger partial charge in [-0.15, -0.1) is 0 Å². The Kier molecular flexibility index (Phi) is 42.6. The minimum atomic E-state index is -1.27. The summed E-state index contributed by atoms with van der Waals surface area (Å²) in [6.07, 6.45) is 18.9. The van der Waals surface area contributed by atoms with Crippen LogP contribution in [-0.4, -0.2) is 146 Å². The second-order valence-electron chi connectivity index (χ2n) is 17.7. The fourth-order valence-corrected chi connectivity index (χ4v) is 7.36. The summed E-state index contributed by atoms with van der Waals surface area (Å²) in [5.41, 5.74) is 0. The molecule has 3 atom stereocenters. The molecule has 0 aliphatic rings. The van der Waals surface area contributed by atoms with Crippen LogP contribution < -0.4 is 21.3 Å². The zero-order chi connectivity index (χ0) is 52.0. The van der Waals surface area contributed by atoms with E-state index < -0.39 is 42.5 Å². The number of ether oxygens (including phenoxy) is 4. The van der Waals surface area contributed by atoms with Crippen LogP contribution in [0, 0.1) is 5.92 Å². The molecule has 20 nitrogen and oxygen atoms in total. The topological polar surface area (TPSA) is 299 Å². The first-order valence-corrected chi connectivity index (χ1v) is 25.8. The van der Waals surface area contributed by atoms with Crippen molar-refractivity contribution in [2.45, 2.75) is 193 Å². The molecule has 0 aliphatic heterocycles. The van der Waals surface area contributed by atoms with Crippen LogP contribution in [-0.2, 0) is 62.1 Å². The molecular formula is C50H88N4O16. The molecule has 404 valence electrons. The minimum Gasteiger partial charge on any atom is -0.481 e. The predicted molar refractivity (Wildman–Crippen MR) is 261 cm³/mol. The van der Waals surface area contributed by atoms with Crippen LogP contribution in [0.4, 0.5) is 0 Å². The fourth-order valence-electron chi connectivity index (χ4n) is 7.36. The van der Waals surface area contributed by atoms with E-state index in [-0.39, 0.29) is 133 Å². The quantitative estimate of drug-likeness (QED) is 0.0373. The molecule has 20 heteroatoms. The summed E-state index contributed by atoms with van der Waals surface area (Å²) in [5.74, 6) is -4.80. The van der Waals surface area contributed by atoms with Crippen LogP contribution in [0.2, 0.25) is 0 Å². The Labute approximate surface area is 415 Å². The standard InChI is InChI=1S/C50H88N4O16/c1-3-40(39(2)55)21-18-19-29-51-44(57)27-26-43(50(65)66)54-47(60)38-70-36-33-67-31-20-22-41(56)37-69-35-34-68-32-30-52-45(58)28-25-42(49(63)64)53-46(59)23-16-14-12-10-8-6-4-5-7-9-11-13-15-17-24-48(61)62/h40,42-43H,3-38H2,1-2H3,(H,51,57)(H,52,58)(H,53,59)(H,54,60)(H,61,62)(H,63,64)(H,65,66)/t40-,42-,43-/m0/s1. The Hall–Kier alpha value is -4.53. The second-order valence-corrected chi connectivity index (χ2v) is 17.7. The summed E-state index contributed by atoms with van der Waals surface area (Å²) in [6.45, 7) is 4.70. The Morgan fingerprint density at radius 3 is 1.37 bits per heavy atom. The molecule has 0 saturated carbocycles. The minimum absolute atomic E-state index is 0.0298. The molecule has 0 heterocycles. The van der Waals surface area contributed by atoms with E-state index in [4.69, 9.17) is 24.1 Å². The van der Waals surface area contributed by atoms with Crippen molar-refractivity contribution in [3.63, 3.8) is 0 Å². The number of ketones is 2. The van der Waals surface area contributed by atoms with E-state index >= 15 is 0 Å². The van der Waals surface area contributed by atoms with Crippen molar-refractivity contribution >= 4 is 53.1 Å². The van der Waals surface area contributed by atoms with Gasteiger partial charge >= 0.3 is 17.9 Å². The van der Waals surface area contributed by atoms with Crippen LogP contribution in [0.1, 0.15) is 181 Å². The number of carboxylic acid groups (broad SMARTS) is 3. The molecule has 70 heavy (non-hydrogen) atoms. The van der Waals surface area contributed by atoms with Gasteiger partial charge in [-0.05, 0) is 58.3 Å². The smallest absolute Gasteiger partial charge is 0.326 e. The van der Waals surface area contributed by atoms with E-state index in [0.29, 0.717) is 25.8 Å². The van der Waals surface area contributed by atoms with Gasteiger partial charge in [0.1, 0.15) is 31.1 Å². The second kappa shape index (κ2) is 45.6. The number of Topliss-reactive ketones (excluding diaryl/α,β-unsaturated/α-hetero) is 2. The summed E-state index contributed by atoms with van der Waals surface area (Å²) in [5, 5.41) is 37.9. The van der Waals surface area contributed by atoms with Crippen LogP contribution in [0.5, 0.6) is 0 Å². The van der Waals surface area contributed by atoms with Crippen molar-refractivity contribution in [2.24, 2.45) is 5.92 Å². The number of aliphatic carboxylic acids is 3. The monoisotopic (exact) mass is 1000 g/mol. The first kappa shape index (κ1) is 65.5. The van der Waals surface area contributed by atoms with E-state index in [0.717, 1.165) is 64.2 Å². The maximum Gasteiger partial charge on any atom is 0.326 e. The van der Waals surface area contributed by atoms with E-state index in [1.165, 1.54) is 38.5 Å². The lowest BCUT2D eigenvalue weighted by Crippen LogP contribution is -2.43. The largest absolute Gasteiger partial charge is 0.481 e. The van der Waals surface area contributed by atoms with Gasteiger partial charge in [-0.25, -0.2) is 9.59 Å². The molecule has 0 fully saturated rings. The number of carbonyl (C=O) groups is 9. The average Bonchev–Trinajstić information content (AvgIpc) is 3.31. The van der Waals surface area contributed by atoms with Gasteiger partial charge in [-0.2, -0.15) is 0 Å². The average molecular weight is 1000 g/mol. The van der Waals surface area contributed by atoms with E-state index in [1.807, 2.05) is 6.92 Å². The van der Waals surface area contributed by atoms with E-state index in [1.54, 1.807) is 6.92 Å². The van der Waals surface area contributed by atoms with Gasteiger partial charge < -0.3 is 55.5 Å². The van der Waals surface area contributed by atoms with Crippen molar-refractivity contribution in [3.05, 3.63) is 0 Å². The molecule has 0 aromatic heterocycles. The number of rotatable bonds is 51. The molecule has 0 aromatic rings. The van der Waals surface area contributed by atoms with Gasteiger partial charge in [0.05, 0.1) is 33.0 Å². The maximum absolute atomic E-state index is 12.4. The van der Waals surface area contributed by atoms with Gasteiger partial charge in [0.15, 0.2) is 5.78 Å². The van der Waals surface area contributed by atoms with Crippen molar-refractivity contribution in [3.8, 4) is 0 Å². The third-order valence-corrected chi connectivity index (χ3v) is 11.6. The molecule has 0 saturated heterocycles. The maximum atomic E-state index is 12.4. The first-order valence-electron chi connectivity index (χ1n) is 25.8. The van der Waals surface area contributed by atoms with Crippen molar-refractivity contribution in [2.75, 3.05) is 65.9 Å². The highest BCUT2D eigenvalue weighted by Crippen LogP contribution is 2.15. The predicted octanol–water partition coefficient (Wildman–Crippen LogP) is 5.45. The number of hydrogen-bond donors (Lipinski definition) is 7. The molecule has 0 rings (SSSR count). The number of hydrogen-bond acceptors (Lipinski definition) is 13. The van der Waals surface area contributed by atoms with E-state index in [9.17, 15) is 53.4 Å². The number of unbranched alkanes of at least 4 members (excludes halogenated alkanes) is 14. The molecule has 0 unspecified atom stereocenters. The number of amides is 4. The Balaban J connectivity index is 3.80. The first-order chi connectivity index (χ1) is 33.7. The summed E-state index contributed by atoms with van der Waals surface area (Å²) in [7, 11) is 0. The Morgan fingerprint density at radius 1 is 0.414 bits per heavy atom. The number of carbonyl (C=O) groups excluding carboxylic acids is 6. The highest BCUT2D eigenvalue weighted by atomic mass is 16.5. The Bertz CT molecular complexity index is 1480. The van der Waals surface area contributed by atoms with Crippen LogP contribution >= 0.6 is 0 Å². The Morgan fingerprint density at radius 2 is 0.871 bits per heavy atom. The molecule has 0 aromatic carbocycles. The summed E-state index contributed by atoms with van der Waals surface area (Å²) >= 11 is 0. The molecule has 4 amide bonds. The van der Waals surface area contributed by atoms with Gasteiger partial charge in [-0.1, -0.05) is 90.4 Å². The van der Waals surface area contributed by atoms with E-state index in [2.05, 4.69) is 21.3 Å². The van der Waals surface area contributed by atoms with Crippen LogP contribution in [0.25, 0.3) is 0 Å². The fraction of sp³-hybridized carbons (Fsp3) is 0.820. The highest BCUT2D eigenvalue weighted by molar-refractivity contribution is 5.85. The summed E-state index contributed by atoms with van der Waals surface area (Å²) in [4.78, 5) is 106. The summed E-state index contributed by atoms with van der Waals surface area (Å²) in [6, 6.07) is -2.41. The number of carboxylic acids is 3. The van der Waals surface area contributed by atoms with Crippen LogP contribution in [0.3, 0.4) is 0 Å². The molecule has 0 radical (unpaired) electrons. The molecule has 7 N–H and O–H groups in total. The van der Waals surface area contributed by atoms with Gasteiger partial charge in [0.2, 0.25) is 23.6 Å². The normalized spacial score (nSPS) is 12.4. The van der Waals surface area contributed by atoms with Crippen molar-refractivity contribution in [1.29, 1.82) is 0 Å². The van der Waals surface area contributed by atoms with Crippen LogP contribution in [0.15, 0.2) is 0 Å². The molecule has 0 spiro atoms. The lowest BCUT2D eigenvalue weighted by molar-refractivity contribution is -0.143. The zero-order valence-corrected chi connectivity index (χ0v) is 42.3. The number of nitrogens with one attached hydrogen (secondary N) is 4. The lowest BCUT2D eigenvalue weighted by Gasteiger charge is -2.15. The molecule has 0 bridgehead atoms. The zero-order valence-electron chi connectivity index (χ0n) is 42.3.